The van der Waals surface area contributed by atoms with E-state index in [9.17, 15) is 5.11 Å². The number of aryl methyl sites for hydroxylation is 1. The molecule has 23 heavy (non-hydrogen) atoms. The molecule has 3 fully saturated rings. The summed E-state index contributed by atoms with van der Waals surface area (Å²) in [6.07, 6.45) is -0.498. The van der Waals surface area contributed by atoms with Gasteiger partial charge in [-0.25, -0.2) is 0 Å². The van der Waals surface area contributed by atoms with Crippen LogP contribution in [0.4, 0.5) is 0 Å². The van der Waals surface area contributed by atoms with Gasteiger partial charge in [-0.1, -0.05) is 43.7 Å². The number of fused-ring (bicyclic) bond motifs is 5. The number of aliphatic hydroxyl groups is 1. The van der Waals surface area contributed by atoms with Crippen LogP contribution in [0.15, 0.2) is 24.3 Å². The molecule has 4 rings (SSSR count). The molecular formula is C19H26O4. The third-order valence-corrected chi connectivity index (χ3v) is 6.01. The van der Waals surface area contributed by atoms with E-state index in [1.807, 2.05) is 26.0 Å². The van der Waals surface area contributed by atoms with Crippen LogP contribution in [0.3, 0.4) is 0 Å². The summed E-state index contributed by atoms with van der Waals surface area (Å²) in [5.41, 5.74) is 1.22. The molecule has 0 saturated carbocycles. The molecule has 126 valence electrons. The van der Waals surface area contributed by atoms with Crippen molar-refractivity contribution in [2.24, 2.45) is 11.8 Å². The molecule has 7 atom stereocenters. The molecule has 1 aromatic carbocycles. The van der Waals surface area contributed by atoms with Gasteiger partial charge in [0.15, 0.2) is 5.79 Å². The van der Waals surface area contributed by atoms with Gasteiger partial charge in [-0.2, -0.15) is 0 Å². The van der Waals surface area contributed by atoms with E-state index >= 15 is 0 Å². The van der Waals surface area contributed by atoms with Crippen LogP contribution < -0.4 is 0 Å². The highest BCUT2D eigenvalue weighted by Crippen LogP contribution is 2.55. The fourth-order valence-electron chi connectivity index (χ4n) is 4.73. The summed E-state index contributed by atoms with van der Waals surface area (Å²) in [5.74, 6) is -0.707. The highest BCUT2D eigenvalue weighted by atomic mass is 16.8. The molecule has 1 aromatic rings. The van der Waals surface area contributed by atoms with E-state index < -0.39 is 11.4 Å². The molecule has 4 nitrogen and oxygen atoms in total. The zero-order valence-corrected chi connectivity index (χ0v) is 14.4. The first-order valence-electron chi connectivity index (χ1n) is 8.54. The summed E-state index contributed by atoms with van der Waals surface area (Å²) >= 11 is 0. The van der Waals surface area contributed by atoms with E-state index in [0.29, 0.717) is 0 Å². The highest BCUT2D eigenvalue weighted by Gasteiger charge is 2.66. The van der Waals surface area contributed by atoms with Gasteiger partial charge in [-0.3, -0.25) is 0 Å². The summed E-state index contributed by atoms with van der Waals surface area (Å²) in [7, 11) is 0. The molecule has 4 heteroatoms. The van der Waals surface area contributed by atoms with Gasteiger partial charge in [0.2, 0.25) is 0 Å². The number of rotatable bonds is 1. The van der Waals surface area contributed by atoms with Crippen molar-refractivity contribution < 1.29 is 19.3 Å². The van der Waals surface area contributed by atoms with Gasteiger partial charge in [0.25, 0.3) is 0 Å². The van der Waals surface area contributed by atoms with Crippen LogP contribution in [0.1, 0.15) is 38.8 Å². The first-order chi connectivity index (χ1) is 10.7. The van der Waals surface area contributed by atoms with E-state index in [2.05, 4.69) is 32.9 Å². The van der Waals surface area contributed by atoms with Gasteiger partial charge in [0, 0.05) is 11.8 Å². The van der Waals surface area contributed by atoms with Crippen molar-refractivity contribution in [3.63, 3.8) is 0 Å². The van der Waals surface area contributed by atoms with Gasteiger partial charge < -0.3 is 19.3 Å². The first kappa shape index (κ1) is 15.6. The third kappa shape index (κ3) is 2.05. The summed E-state index contributed by atoms with van der Waals surface area (Å²) in [5, 5.41) is 11.6. The molecular weight excluding hydrogens is 292 g/mol. The summed E-state index contributed by atoms with van der Waals surface area (Å²) in [4.78, 5) is 0. The number of ether oxygens (including phenoxy) is 3. The zero-order valence-electron chi connectivity index (χ0n) is 14.4. The Hall–Kier alpha value is -0.940. The Morgan fingerprint density at radius 1 is 0.870 bits per heavy atom. The predicted octanol–water partition coefficient (Wildman–Crippen LogP) is 2.76. The van der Waals surface area contributed by atoms with Crippen molar-refractivity contribution in [3.05, 3.63) is 35.4 Å². The van der Waals surface area contributed by atoms with Crippen LogP contribution in [0.5, 0.6) is 0 Å². The topological polar surface area (TPSA) is 47.9 Å². The minimum absolute atomic E-state index is 0.0658. The summed E-state index contributed by atoms with van der Waals surface area (Å²) in [6, 6.07) is 8.19. The average molecular weight is 318 g/mol. The largest absolute Gasteiger partial charge is 0.384 e. The lowest BCUT2D eigenvalue weighted by molar-refractivity contribution is -0.252. The molecule has 3 heterocycles. The second kappa shape index (κ2) is 4.79. The normalized spacial score (nSPS) is 47.6. The maximum Gasteiger partial charge on any atom is 0.164 e. The van der Waals surface area contributed by atoms with Crippen molar-refractivity contribution in [2.45, 2.75) is 70.4 Å². The number of benzene rings is 1. The Morgan fingerprint density at radius 3 is 1.83 bits per heavy atom. The molecule has 0 aromatic heterocycles. The Labute approximate surface area is 137 Å². The standard InChI is InChI=1S/C19H26O4/c1-10-6-8-13(9-7-10)19(20)11(2)14-16-17(15(21-14)12(19)3)23-18(4,5)22-16/h6-9,11-12,14-17,20H,1-5H3/t11-,12+,14-,15+,16-,17+,19?. The minimum atomic E-state index is -0.928. The zero-order chi connectivity index (χ0) is 16.6. The van der Waals surface area contributed by atoms with E-state index in [0.717, 1.165) is 5.56 Å². The first-order valence-corrected chi connectivity index (χ1v) is 8.54. The molecule has 1 unspecified atom stereocenters. The maximum atomic E-state index is 11.6. The molecule has 1 N–H and O–H groups in total. The van der Waals surface area contributed by atoms with Crippen molar-refractivity contribution >= 4 is 0 Å². The van der Waals surface area contributed by atoms with Gasteiger partial charge in [0.1, 0.15) is 12.2 Å². The maximum absolute atomic E-state index is 11.6. The molecule has 0 radical (unpaired) electrons. The second-order valence-corrected chi connectivity index (χ2v) is 7.90. The SMILES string of the molecule is Cc1ccc(C2(O)[C@H](C)[C@H]3O[C@H]([C@@H]4OC(C)(C)O[C@@H]43)[C@@H]2C)cc1. The predicted molar refractivity (Wildman–Crippen MR) is 85.9 cm³/mol. The fraction of sp³-hybridized carbons (Fsp3) is 0.684. The van der Waals surface area contributed by atoms with Gasteiger partial charge in [-0.15, -0.1) is 0 Å². The van der Waals surface area contributed by atoms with Crippen LogP contribution in [0.25, 0.3) is 0 Å². The van der Waals surface area contributed by atoms with Crippen LogP contribution in [-0.2, 0) is 19.8 Å². The van der Waals surface area contributed by atoms with Crippen LogP contribution in [0.2, 0.25) is 0 Å². The molecule has 0 aliphatic carbocycles. The minimum Gasteiger partial charge on any atom is -0.384 e. The molecule has 3 aliphatic heterocycles. The lowest BCUT2D eigenvalue weighted by Crippen LogP contribution is -2.55. The fourth-order valence-corrected chi connectivity index (χ4v) is 4.73. The lowest BCUT2D eigenvalue weighted by Gasteiger charge is -2.48. The smallest absolute Gasteiger partial charge is 0.164 e. The highest BCUT2D eigenvalue weighted by molar-refractivity contribution is 5.31. The average Bonchev–Trinajstić information content (AvgIpc) is 2.96. The Morgan fingerprint density at radius 2 is 1.35 bits per heavy atom. The lowest BCUT2D eigenvalue weighted by atomic mass is 9.69. The van der Waals surface area contributed by atoms with E-state index in [4.69, 9.17) is 14.2 Å². The van der Waals surface area contributed by atoms with Gasteiger partial charge >= 0.3 is 0 Å². The number of hydrogen-bond donors (Lipinski definition) is 1. The molecule has 2 bridgehead atoms. The van der Waals surface area contributed by atoms with Crippen molar-refractivity contribution in [1.82, 2.24) is 0 Å². The van der Waals surface area contributed by atoms with Crippen molar-refractivity contribution in [3.8, 4) is 0 Å². The van der Waals surface area contributed by atoms with E-state index in [-0.39, 0.29) is 36.3 Å². The van der Waals surface area contributed by atoms with Gasteiger partial charge in [0.05, 0.1) is 17.8 Å². The van der Waals surface area contributed by atoms with Crippen LogP contribution in [-0.4, -0.2) is 35.3 Å². The molecule has 0 spiro atoms. The van der Waals surface area contributed by atoms with Crippen LogP contribution in [0, 0.1) is 18.8 Å². The van der Waals surface area contributed by atoms with Gasteiger partial charge in [-0.05, 0) is 26.3 Å². The van der Waals surface area contributed by atoms with E-state index in [1.165, 1.54) is 5.56 Å². The van der Waals surface area contributed by atoms with Crippen molar-refractivity contribution in [1.29, 1.82) is 0 Å². The second-order valence-electron chi connectivity index (χ2n) is 7.90. The van der Waals surface area contributed by atoms with Crippen LogP contribution >= 0.6 is 0 Å². The molecule has 0 amide bonds. The monoisotopic (exact) mass is 318 g/mol. The third-order valence-electron chi connectivity index (χ3n) is 6.01. The summed E-state index contributed by atoms with van der Waals surface area (Å²) in [6.45, 7) is 10.1. The Kier molecular flexibility index (Phi) is 3.24. The Balaban J connectivity index is 1.74. The van der Waals surface area contributed by atoms with Crippen molar-refractivity contribution in [2.75, 3.05) is 0 Å². The molecule has 3 saturated heterocycles. The summed E-state index contributed by atoms with van der Waals surface area (Å²) < 4.78 is 18.4. The number of hydrogen-bond acceptors (Lipinski definition) is 4. The Bertz CT molecular complexity index is 582. The van der Waals surface area contributed by atoms with E-state index in [1.54, 1.807) is 0 Å². The quantitative estimate of drug-likeness (QED) is 0.865. The molecule has 3 aliphatic rings.